The molecular weight excluding hydrogens is 631 g/mol. The van der Waals surface area contributed by atoms with Crippen molar-refractivity contribution in [2.75, 3.05) is 0 Å². The van der Waals surface area contributed by atoms with Crippen LogP contribution in [-0.2, 0) is 0 Å². The van der Waals surface area contributed by atoms with Crippen LogP contribution in [0.2, 0.25) is 0 Å². The van der Waals surface area contributed by atoms with Crippen molar-refractivity contribution in [2.24, 2.45) is 29.1 Å². The summed E-state index contributed by atoms with van der Waals surface area (Å²) in [4.78, 5) is 15.8. The fourth-order valence-corrected chi connectivity index (χ4v) is 9.77. The Morgan fingerprint density at radius 2 is 1.52 bits per heavy atom. The Balaban J connectivity index is 1.17. The fraction of sp³-hybridized carbons (Fsp3) is 0.327. The number of benzene rings is 2. The van der Waals surface area contributed by atoms with E-state index in [1.165, 1.54) is 22.3 Å². The second-order valence-electron chi connectivity index (χ2n) is 16.1. The van der Waals surface area contributed by atoms with Crippen molar-refractivity contribution < 1.29 is 0 Å². The summed E-state index contributed by atoms with van der Waals surface area (Å²) in [5, 5.41) is 0. The largest absolute Gasteiger partial charge is 0.213 e. The molecule has 3 aromatic rings. The van der Waals surface area contributed by atoms with Gasteiger partial charge in [-0.1, -0.05) is 147 Å². The number of hydrogen-bond acceptors (Lipinski definition) is 3. The molecule has 6 unspecified atom stereocenters. The maximum atomic E-state index is 5.35. The second kappa shape index (κ2) is 13.9. The molecule has 0 bridgehead atoms. The monoisotopic (exact) mass is 679 g/mol. The maximum Gasteiger partial charge on any atom is 0.163 e. The normalized spacial score (nSPS) is 31.5. The molecule has 0 N–H and O–H groups in total. The van der Waals surface area contributed by atoms with E-state index in [4.69, 9.17) is 15.0 Å². The molecule has 1 fully saturated rings. The van der Waals surface area contributed by atoms with Crippen LogP contribution in [0, 0.1) is 29.1 Å². The molecule has 0 spiro atoms. The molecule has 3 heteroatoms. The van der Waals surface area contributed by atoms with Gasteiger partial charge in [-0.25, -0.2) is 15.0 Å². The number of hydrogen-bond donors (Lipinski definition) is 0. The molecular formula is C49H49N3. The lowest BCUT2D eigenvalue weighted by Crippen LogP contribution is -2.45. The standard InChI is InChI=1S/C49H49N3/c1-33-14-13-19-38(28-33)47-50-46(37-17-7-4-8-18-37)51-48(52-47)41-30-39(36-25-23-35(24-26-36)34-15-5-3-6-16-34)29-40(31-41)44-32-42-20-11-12-27-49(42,2)45-22-10-9-21-43(44)45/h3,5-7,9-18,20-23,25-27,29-31,33,35,38,42-45H,4,8,19,24,28,32H2,1-2H3/t33?,35?,38-,42?,43?,44?,45+,49?/m1/s1. The highest BCUT2D eigenvalue weighted by Crippen LogP contribution is 2.58. The van der Waals surface area contributed by atoms with E-state index in [1.54, 1.807) is 0 Å². The summed E-state index contributed by atoms with van der Waals surface area (Å²) in [6.45, 7) is 4.78. The van der Waals surface area contributed by atoms with Crippen LogP contribution in [0.5, 0.6) is 0 Å². The van der Waals surface area contributed by atoms with E-state index in [2.05, 4.69) is 160 Å². The van der Waals surface area contributed by atoms with Crippen LogP contribution in [-0.4, -0.2) is 15.0 Å². The van der Waals surface area contributed by atoms with Crippen molar-refractivity contribution in [1.82, 2.24) is 15.0 Å². The van der Waals surface area contributed by atoms with Crippen molar-refractivity contribution >= 4 is 11.1 Å². The Labute approximate surface area is 309 Å². The van der Waals surface area contributed by atoms with Crippen molar-refractivity contribution in [3.05, 3.63) is 174 Å². The molecule has 6 aliphatic carbocycles. The van der Waals surface area contributed by atoms with Gasteiger partial charge in [0, 0.05) is 23.0 Å². The molecule has 0 saturated heterocycles. The molecule has 9 rings (SSSR count). The fourth-order valence-electron chi connectivity index (χ4n) is 9.77. The molecule has 0 amide bonds. The Morgan fingerprint density at radius 1 is 0.673 bits per heavy atom. The summed E-state index contributed by atoms with van der Waals surface area (Å²) < 4.78 is 0. The molecule has 1 heterocycles. The number of nitrogens with zero attached hydrogens (tertiary/aromatic N) is 3. The molecule has 6 aliphatic rings. The zero-order chi connectivity index (χ0) is 35.1. The second-order valence-corrected chi connectivity index (χ2v) is 16.1. The highest BCUT2D eigenvalue weighted by molar-refractivity contribution is 5.79. The predicted molar refractivity (Wildman–Crippen MR) is 215 cm³/mol. The first-order chi connectivity index (χ1) is 25.5. The van der Waals surface area contributed by atoms with Gasteiger partial charge in [-0.15, -0.1) is 0 Å². The third kappa shape index (κ3) is 6.29. The van der Waals surface area contributed by atoms with Crippen LogP contribution in [0.1, 0.15) is 98.5 Å². The number of aromatic nitrogens is 3. The van der Waals surface area contributed by atoms with Crippen LogP contribution in [0.4, 0.5) is 0 Å². The van der Waals surface area contributed by atoms with Gasteiger partial charge >= 0.3 is 0 Å². The molecule has 260 valence electrons. The molecule has 8 atom stereocenters. The van der Waals surface area contributed by atoms with E-state index in [1.807, 2.05) is 0 Å². The summed E-state index contributed by atoms with van der Waals surface area (Å²) in [6, 6.07) is 18.2. The molecule has 0 radical (unpaired) electrons. The van der Waals surface area contributed by atoms with E-state index in [9.17, 15) is 0 Å². The topological polar surface area (TPSA) is 38.7 Å². The zero-order valence-electron chi connectivity index (χ0n) is 30.5. The first-order valence-electron chi connectivity index (χ1n) is 19.6. The lowest BCUT2D eigenvalue weighted by atomic mass is 9.51. The average Bonchev–Trinajstić information content (AvgIpc) is 3.21. The Bertz CT molecular complexity index is 2120. The van der Waals surface area contributed by atoms with Gasteiger partial charge in [-0.2, -0.15) is 0 Å². The van der Waals surface area contributed by atoms with Crippen LogP contribution in [0.15, 0.2) is 146 Å². The average molecular weight is 680 g/mol. The highest BCUT2D eigenvalue weighted by atomic mass is 15.0. The third-order valence-corrected chi connectivity index (χ3v) is 12.7. The van der Waals surface area contributed by atoms with Gasteiger partial charge in [-0.3, -0.25) is 0 Å². The van der Waals surface area contributed by atoms with Gasteiger partial charge < -0.3 is 0 Å². The summed E-state index contributed by atoms with van der Waals surface area (Å²) in [5.41, 5.74) is 7.62. The summed E-state index contributed by atoms with van der Waals surface area (Å²) >= 11 is 0. The maximum absolute atomic E-state index is 5.35. The van der Waals surface area contributed by atoms with E-state index in [-0.39, 0.29) is 11.3 Å². The Kier molecular flexibility index (Phi) is 8.83. The molecule has 3 nitrogen and oxygen atoms in total. The van der Waals surface area contributed by atoms with Gasteiger partial charge in [0.05, 0.1) is 0 Å². The van der Waals surface area contributed by atoms with Gasteiger partial charge in [0.1, 0.15) is 5.82 Å². The summed E-state index contributed by atoms with van der Waals surface area (Å²) in [6.07, 6.45) is 43.8. The van der Waals surface area contributed by atoms with Gasteiger partial charge in [0.25, 0.3) is 0 Å². The van der Waals surface area contributed by atoms with Crippen molar-refractivity contribution in [3.63, 3.8) is 0 Å². The van der Waals surface area contributed by atoms with E-state index < -0.39 is 0 Å². The van der Waals surface area contributed by atoms with Crippen molar-refractivity contribution in [1.29, 1.82) is 0 Å². The number of fused-ring (bicyclic) bond motifs is 3. The molecule has 52 heavy (non-hydrogen) atoms. The van der Waals surface area contributed by atoms with Crippen LogP contribution < -0.4 is 0 Å². The molecule has 1 aromatic heterocycles. The van der Waals surface area contributed by atoms with Gasteiger partial charge in [0.15, 0.2) is 11.6 Å². The highest BCUT2D eigenvalue weighted by Gasteiger charge is 2.49. The van der Waals surface area contributed by atoms with E-state index in [0.717, 1.165) is 67.1 Å². The lowest BCUT2D eigenvalue weighted by molar-refractivity contribution is 0.0951. The minimum atomic E-state index is 0.115. The zero-order valence-corrected chi connectivity index (χ0v) is 30.5. The van der Waals surface area contributed by atoms with Crippen LogP contribution in [0.25, 0.3) is 22.5 Å². The van der Waals surface area contributed by atoms with Gasteiger partial charge in [-0.05, 0) is 108 Å². The minimum absolute atomic E-state index is 0.115. The first-order valence-corrected chi connectivity index (χ1v) is 19.6. The summed E-state index contributed by atoms with van der Waals surface area (Å²) in [7, 11) is 0. The molecule has 1 saturated carbocycles. The quantitative estimate of drug-likeness (QED) is 0.243. The summed E-state index contributed by atoms with van der Waals surface area (Å²) in [5.74, 6) is 5.45. The SMILES string of the molecule is CC1C=CC[C@@H](c2nc(C3=CCCC=C3)nc(-c3cc(C4=CCC(c5ccccc5)C=C4)cc(C4CC5C=CC=CC5(C)[C@H]5C=CC=CC45)c3)n2)C1. The first kappa shape index (κ1) is 33.0. The third-order valence-electron chi connectivity index (χ3n) is 12.7. The molecule has 0 aliphatic heterocycles. The minimum Gasteiger partial charge on any atom is -0.213 e. The smallest absolute Gasteiger partial charge is 0.163 e. The Morgan fingerprint density at radius 3 is 2.35 bits per heavy atom. The van der Waals surface area contributed by atoms with Crippen molar-refractivity contribution in [2.45, 2.75) is 70.1 Å². The Hall–Kier alpha value is -4.89. The van der Waals surface area contributed by atoms with Crippen LogP contribution in [0.3, 0.4) is 0 Å². The lowest BCUT2D eigenvalue weighted by Gasteiger charge is -2.52. The van der Waals surface area contributed by atoms with Crippen LogP contribution >= 0.6 is 0 Å². The number of allylic oxidation sites excluding steroid dienone is 18. The van der Waals surface area contributed by atoms with E-state index >= 15 is 0 Å². The molecule has 2 aromatic carbocycles. The van der Waals surface area contributed by atoms with E-state index in [0.29, 0.717) is 35.5 Å². The van der Waals surface area contributed by atoms with Gasteiger partial charge in [0.2, 0.25) is 0 Å². The van der Waals surface area contributed by atoms with Crippen molar-refractivity contribution in [3.8, 4) is 11.4 Å². The predicted octanol–water partition coefficient (Wildman–Crippen LogP) is 12.1. The number of rotatable bonds is 6.